The van der Waals surface area contributed by atoms with Gasteiger partial charge in [-0.25, -0.2) is 4.79 Å². The van der Waals surface area contributed by atoms with Gasteiger partial charge in [-0.3, -0.25) is 9.59 Å². The summed E-state index contributed by atoms with van der Waals surface area (Å²) >= 11 is 0. The van der Waals surface area contributed by atoms with Gasteiger partial charge in [0.2, 0.25) is 5.91 Å². The topological polar surface area (TPSA) is 93.2 Å². The summed E-state index contributed by atoms with van der Waals surface area (Å²) in [6, 6.07) is 5.93. The zero-order valence-corrected chi connectivity index (χ0v) is 16.0. The van der Waals surface area contributed by atoms with E-state index in [0.29, 0.717) is 51.4 Å². The molecule has 0 bridgehead atoms. The van der Waals surface area contributed by atoms with Gasteiger partial charge in [-0.2, -0.15) is 0 Å². The van der Waals surface area contributed by atoms with Crippen LogP contribution in [0.4, 0.5) is 4.79 Å². The fraction of sp³-hybridized carbons (Fsp3) is 0.526. The van der Waals surface area contributed by atoms with E-state index < -0.39 is 0 Å². The number of carbonyl (C=O) groups excluding carboxylic acids is 3. The van der Waals surface area contributed by atoms with Gasteiger partial charge in [0, 0.05) is 57.8 Å². The SMILES string of the molecule is CCN(CC)C(=O)CCNC(=O)N1CCN(C(=O)c2ccc(O)cc2)CC1. The van der Waals surface area contributed by atoms with Crippen LogP contribution >= 0.6 is 0 Å². The molecule has 1 heterocycles. The van der Waals surface area contributed by atoms with Crippen molar-refractivity contribution in [2.45, 2.75) is 20.3 Å². The molecule has 1 saturated heterocycles. The third kappa shape index (κ3) is 5.60. The first-order valence-electron chi connectivity index (χ1n) is 9.35. The Morgan fingerprint density at radius 3 is 2.11 bits per heavy atom. The monoisotopic (exact) mass is 376 g/mol. The van der Waals surface area contributed by atoms with Crippen LogP contribution in [0.15, 0.2) is 24.3 Å². The highest BCUT2D eigenvalue weighted by Gasteiger charge is 2.24. The zero-order chi connectivity index (χ0) is 19.8. The van der Waals surface area contributed by atoms with Crippen LogP contribution in [0.2, 0.25) is 0 Å². The Morgan fingerprint density at radius 2 is 1.56 bits per heavy atom. The minimum atomic E-state index is -0.209. The van der Waals surface area contributed by atoms with Crippen molar-refractivity contribution in [2.75, 3.05) is 45.8 Å². The molecule has 1 aliphatic heterocycles. The lowest BCUT2D eigenvalue weighted by Gasteiger charge is -2.34. The second-order valence-electron chi connectivity index (χ2n) is 6.37. The Labute approximate surface area is 159 Å². The molecular weight excluding hydrogens is 348 g/mol. The molecule has 27 heavy (non-hydrogen) atoms. The second-order valence-corrected chi connectivity index (χ2v) is 6.37. The van der Waals surface area contributed by atoms with Crippen LogP contribution in [0.5, 0.6) is 5.75 Å². The van der Waals surface area contributed by atoms with Crippen LogP contribution in [0.1, 0.15) is 30.6 Å². The number of aromatic hydroxyl groups is 1. The van der Waals surface area contributed by atoms with Crippen LogP contribution in [-0.2, 0) is 4.79 Å². The van der Waals surface area contributed by atoms with Crippen molar-refractivity contribution in [3.05, 3.63) is 29.8 Å². The van der Waals surface area contributed by atoms with Crippen LogP contribution in [-0.4, -0.2) is 83.5 Å². The van der Waals surface area contributed by atoms with E-state index in [1.807, 2.05) is 13.8 Å². The number of phenolic OH excluding ortho intramolecular Hbond substituents is 1. The molecule has 1 aromatic carbocycles. The maximum Gasteiger partial charge on any atom is 0.317 e. The molecular formula is C19H28N4O4. The highest BCUT2D eigenvalue weighted by atomic mass is 16.3. The van der Waals surface area contributed by atoms with E-state index in [4.69, 9.17) is 0 Å². The molecule has 1 aromatic rings. The highest BCUT2D eigenvalue weighted by molar-refractivity contribution is 5.94. The first-order chi connectivity index (χ1) is 13.0. The van der Waals surface area contributed by atoms with Gasteiger partial charge >= 0.3 is 6.03 Å². The number of carbonyl (C=O) groups is 3. The first kappa shape index (κ1) is 20.5. The van der Waals surface area contributed by atoms with Crippen molar-refractivity contribution >= 4 is 17.8 Å². The van der Waals surface area contributed by atoms with E-state index in [2.05, 4.69) is 5.32 Å². The van der Waals surface area contributed by atoms with Crippen LogP contribution in [0.25, 0.3) is 0 Å². The summed E-state index contributed by atoms with van der Waals surface area (Å²) in [6.07, 6.45) is 0.284. The fourth-order valence-corrected chi connectivity index (χ4v) is 3.02. The zero-order valence-electron chi connectivity index (χ0n) is 16.0. The fourth-order valence-electron chi connectivity index (χ4n) is 3.02. The van der Waals surface area contributed by atoms with Gasteiger partial charge in [-0.05, 0) is 38.1 Å². The molecule has 2 rings (SSSR count). The molecule has 0 unspecified atom stereocenters. The Balaban J connectivity index is 1.74. The molecule has 0 atom stereocenters. The Bertz CT molecular complexity index is 650. The van der Waals surface area contributed by atoms with Gasteiger partial charge in [0.15, 0.2) is 0 Å². The lowest BCUT2D eigenvalue weighted by atomic mass is 10.1. The molecule has 8 heteroatoms. The molecule has 1 fully saturated rings. The summed E-state index contributed by atoms with van der Waals surface area (Å²) in [6.45, 7) is 7.29. The van der Waals surface area contributed by atoms with Gasteiger partial charge in [-0.15, -0.1) is 0 Å². The Kier molecular flexibility index (Phi) is 7.45. The number of nitrogens with zero attached hydrogens (tertiary/aromatic N) is 3. The van der Waals surface area contributed by atoms with Crippen molar-refractivity contribution in [1.29, 1.82) is 0 Å². The smallest absolute Gasteiger partial charge is 0.317 e. The molecule has 0 saturated carbocycles. The summed E-state index contributed by atoms with van der Waals surface area (Å²) < 4.78 is 0. The van der Waals surface area contributed by atoms with Crippen molar-refractivity contribution in [3.63, 3.8) is 0 Å². The van der Waals surface area contributed by atoms with Crippen molar-refractivity contribution < 1.29 is 19.5 Å². The largest absolute Gasteiger partial charge is 0.508 e. The highest BCUT2D eigenvalue weighted by Crippen LogP contribution is 2.13. The number of piperazine rings is 1. The first-order valence-corrected chi connectivity index (χ1v) is 9.35. The van der Waals surface area contributed by atoms with Crippen LogP contribution < -0.4 is 5.32 Å². The average Bonchev–Trinajstić information content (AvgIpc) is 2.69. The number of hydrogen-bond acceptors (Lipinski definition) is 4. The van der Waals surface area contributed by atoms with E-state index in [1.54, 1.807) is 26.8 Å². The second kappa shape index (κ2) is 9.80. The van der Waals surface area contributed by atoms with Crippen LogP contribution in [0.3, 0.4) is 0 Å². The standard InChI is InChI=1S/C19H28N4O4/c1-3-21(4-2)17(25)9-10-20-19(27)23-13-11-22(12-14-23)18(26)15-5-7-16(24)8-6-15/h5-8,24H,3-4,9-14H2,1-2H3,(H,20,27). The van der Waals surface area contributed by atoms with Gasteiger partial charge in [0.25, 0.3) is 5.91 Å². The number of rotatable bonds is 6. The molecule has 8 nitrogen and oxygen atoms in total. The summed E-state index contributed by atoms with van der Waals surface area (Å²) in [5.41, 5.74) is 0.514. The van der Waals surface area contributed by atoms with E-state index in [-0.39, 0.29) is 30.0 Å². The lowest BCUT2D eigenvalue weighted by molar-refractivity contribution is -0.130. The molecule has 2 N–H and O–H groups in total. The average molecular weight is 376 g/mol. The van der Waals surface area contributed by atoms with E-state index in [1.165, 1.54) is 12.1 Å². The number of nitrogens with one attached hydrogen (secondary N) is 1. The van der Waals surface area contributed by atoms with Crippen LogP contribution in [0, 0.1) is 0 Å². The maximum absolute atomic E-state index is 12.4. The van der Waals surface area contributed by atoms with Gasteiger partial charge < -0.3 is 25.1 Å². The number of urea groups is 1. The third-order valence-electron chi connectivity index (χ3n) is 4.70. The van der Waals surface area contributed by atoms with Crippen molar-refractivity contribution in [1.82, 2.24) is 20.0 Å². The summed E-state index contributed by atoms with van der Waals surface area (Å²) in [7, 11) is 0. The number of hydrogen-bond donors (Lipinski definition) is 2. The molecule has 0 radical (unpaired) electrons. The molecule has 0 spiro atoms. The summed E-state index contributed by atoms with van der Waals surface area (Å²) in [5.74, 6) is 0.0389. The minimum Gasteiger partial charge on any atom is -0.508 e. The minimum absolute atomic E-state index is 0.0320. The van der Waals surface area contributed by atoms with Gasteiger partial charge in [-0.1, -0.05) is 0 Å². The number of amides is 4. The lowest BCUT2D eigenvalue weighted by Crippen LogP contribution is -2.53. The normalized spacial score (nSPS) is 14.0. The number of phenols is 1. The Morgan fingerprint density at radius 1 is 1.00 bits per heavy atom. The summed E-state index contributed by atoms with van der Waals surface area (Å²) in [4.78, 5) is 41.7. The third-order valence-corrected chi connectivity index (χ3v) is 4.70. The quantitative estimate of drug-likeness (QED) is 0.778. The summed E-state index contributed by atoms with van der Waals surface area (Å²) in [5, 5.41) is 12.1. The molecule has 148 valence electrons. The predicted molar refractivity (Wildman–Crippen MR) is 102 cm³/mol. The van der Waals surface area contributed by atoms with Crippen molar-refractivity contribution in [3.8, 4) is 5.75 Å². The molecule has 4 amide bonds. The molecule has 0 aliphatic carbocycles. The predicted octanol–water partition coefficient (Wildman–Crippen LogP) is 1.12. The number of benzene rings is 1. The maximum atomic E-state index is 12.4. The van der Waals surface area contributed by atoms with E-state index in [9.17, 15) is 19.5 Å². The van der Waals surface area contributed by atoms with E-state index >= 15 is 0 Å². The van der Waals surface area contributed by atoms with E-state index in [0.717, 1.165) is 0 Å². The van der Waals surface area contributed by atoms with Crippen molar-refractivity contribution in [2.24, 2.45) is 0 Å². The van der Waals surface area contributed by atoms with Gasteiger partial charge in [0.05, 0.1) is 0 Å². The molecule has 1 aliphatic rings. The molecule has 0 aromatic heterocycles. The Hall–Kier alpha value is -2.77. The van der Waals surface area contributed by atoms with Gasteiger partial charge in [0.1, 0.15) is 5.75 Å².